The number of nitrogens with one attached hydrogen (secondary N) is 2. The number of hydrogen-bond acceptors (Lipinski definition) is 5. The molecule has 1 aromatic carbocycles. The van der Waals surface area contributed by atoms with Gasteiger partial charge in [-0.2, -0.15) is 0 Å². The van der Waals surface area contributed by atoms with Crippen LogP contribution in [0.15, 0.2) is 18.2 Å². The molecule has 0 aromatic heterocycles. The van der Waals surface area contributed by atoms with Crippen LogP contribution in [0.1, 0.15) is 55.8 Å². The second-order valence-electron chi connectivity index (χ2n) is 8.80. The Labute approximate surface area is 194 Å². The highest BCUT2D eigenvalue weighted by Gasteiger charge is 2.43. The highest BCUT2D eigenvalue weighted by atomic mass is 19.1. The van der Waals surface area contributed by atoms with Crippen LogP contribution < -0.4 is 15.4 Å². The van der Waals surface area contributed by atoms with Gasteiger partial charge in [-0.1, -0.05) is 12.5 Å². The fourth-order valence-electron chi connectivity index (χ4n) is 4.46. The smallest absolute Gasteiger partial charge is 0.256 e. The number of carbonyl (C=O) groups is 3. The number of nitrogens with zero attached hydrogens (tertiary/aromatic N) is 1. The summed E-state index contributed by atoms with van der Waals surface area (Å²) < 4.78 is 25.2. The molecule has 9 heteroatoms. The van der Waals surface area contributed by atoms with Crippen LogP contribution in [-0.2, 0) is 14.3 Å². The predicted molar refractivity (Wildman–Crippen MR) is 120 cm³/mol. The summed E-state index contributed by atoms with van der Waals surface area (Å²) in [4.78, 5) is 40.2. The van der Waals surface area contributed by atoms with Crippen LogP contribution in [0.25, 0.3) is 0 Å². The number of halogens is 1. The molecule has 2 heterocycles. The summed E-state index contributed by atoms with van der Waals surface area (Å²) in [6.45, 7) is 4.04. The van der Waals surface area contributed by atoms with E-state index in [1.807, 2.05) is 0 Å². The van der Waals surface area contributed by atoms with Crippen molar-refractivity contribution in [2.24, 2.45) is 5.41 Å². The van der Waals surface area contributed by atoms with Gasteiger partial charge in [-0.25, -0.2) is 4.39 Å². The van der Waals surface area contributed by atoms with Crippen molar-refractivity contribution < 1.29 is 28.2 Å². The van der Waals surface area contributed by atoms with Crippen molar-refractivity contribution in [1.82, 2.24) is 15.5 Å². The minimum absolute atomic E-state index is 0.0224. The van der Waals surface area contributed by atoms with Gasteiger partial charge in [0, 0.05) is 32.8 Å². The first-order valence-electron chi connectivity index (χ1n) is 11.7. The third-order valence-electron chi connectivity index (χ3n) is 6.60. The number of carbonyl (C=O) groups excluding carboxylic acids is 3. The normalized spacial score (nSPS) is 22.8. The molecular formula is C24H34FN3O5. The molecule has 3 amide bonds. The predicted octanol–water partition coefficient (Wildman–Crippen LogP) is 2.27. The quantitative estimate of drug-likeness (QED) is 0.701. The average Bonchev–Trinajstić information content (AvgIpc) is 2.82. The zero-order valence-corrected chi connectivity index (χ0v) is 19.5. The van der Waals surface area contributed by atoms with E-state index in [1.165, 1.54) is 19.2 Å². The molecule has 33 heavy (non-hydrogen) atoms. The minimum atomic E-state index is -0.680. The Balaban J connectivity index is 1.71. The molecule has 2 saturated heterocycles. The van der Waals surface area contributed by atoms with Crippen molar-refractivity contribution in [1.29, 1.82) is 0 Å². The molecule has 2 aliphatic rings. The van der Waals surface area contributed by atoms with Gasteiger partial charge in [0.05, 0.1) is 18.1 Å². The van der Waals surface area contributed by atoms with E-state index >= 15 is 0 Å². The summed E-state index contributed by atoms with van der Waals surface area (Å²) in [5.41, 5.74) is -0.717. The number of piperidine rings is 1. The highest BCUT2D eigenvalue weighted by molar-refractivity contribution is 5.95. The van der Waals surface area contributed by atoms with Gasteiger partial charge in [0.15, 0.2) is 11.6 Å². The molecule has 1 spiro atoms. The number of methoxy groups -OCH3 is 1. The van der Waals surface area contributed by atoms with Gasteiger partial charge < -0.3 is 25.0 Å². The van der Waals surface area contributed by atoms with Gasteiger partial charge in [0.1, 0.15) is 6.04 Å². The summed E-state index contributed by atoms with van der Waals surface area (Å²) in [7, 11) is 1.36. The largest absolute Gasteiger partial charge is 0.494 e. The van der Waals surface area contributed by atoms with E-state index < -0.39 is 23.2 Å². The first-order valence-corrected chi connectivity index (χ1v) is 11.7. The highest BCUT2D eigenvalue weighted by Crippen LogP contribution is 2.38. The molecule has 0 bridgehead atoms. The summed E-state index contributed by atoms with van der Waals surface area (Å²) in [6, 6.07) is 3.85. The number of amides is 3. The number of ether oxygens (including phenoxy) is 2. The van der Waals surface area contributed by atoms with Crippen LogP contribution in [0.2, 0.25) is 0 Å². The van der Waals surface area contributed by atoms with Gasteiger partial charge in [0.25, 0.3) is 5.91 Å². The lowest BCUT2D eigenvalue weighted by molar-refractivity contribution is -0.137. The average molecular weight is 464 g/mol. The van der Waals surface area contributed by atoms with Crippen LogP contribution in [0.3, 0.4) is 0 Å². The third-order valence-corrected chi connectivity index (χ3v) is 6.60. The maximum absolute atomic E-state index is 14.6. The maximum atomic E-state index is 14.6. The number of benzene rings is 1. The van der Waals surface area contributed by atoms with Gasteiger partial charge in [-0.3, -0.25) is 14.4 Å². The Kier molecular flexibility index (Phi) is 8.66. The van der Waals surface area contributed by atoms with Crippen LogP contribution in [0.5, 0.6) is 5.75 Å². The van der Waals surface area contributed by atoms with Crippen molar-refractivity contribution >= 4 is 17.7 Å². The number of rotatable bonds is 2. The first kappa shape index (κ1) is 25.0. The molecule has 2 N–H and O–H groups in total. The molecule has 0 unspecified atom stereocenters. The molecule has 0 radical (unpaired) electrons. The van der Waals surface area contributed by atoms with Gasteiger partial charge in [-0.05, 0) is 51.2 Å². The molecule has 0 saturated carbocycles. The lowest BCUT2D eigenvalue weighted by atomic mass is 9.73. The SMILES string of the molecule is COc1cccc(C(=O)N2CCC3(CCCCOCCCNC(=O)[C@H](C)NC3=O)CC2)c1F. The van der Waals surface area contributed by atoms with E-state index in [-0.39, 0.29) is 23.1 Å². The Morgan fingerprint density at radius 3 is 2.61 bits per heavy atom. The summed E-state index contributed by atoms with van der Waals surface area (Å²) in [6.07, 6.45) is 3.93. The molecule has 1 aromatic rings. The summed E-state index contributed by atoms with van der Waals surface area (Å²) in [5, 5.41) is 5.70. The monoisotopic (exact) mass is 463 g/mol. The minimum Gasteiger partial charge on any atom is -0.494 e. The fraction of sp³-hybridized carbons (Fsp3) is 0.625. The third kappa shape index (κ3) is 6.01. The molecule has 182 valence electrons. The maximum Gasteiger partial charge on any atom is 0.256 e. The Morgan fingerprint density at radius 1 is 1.15 bits per heavy atom. The molecule has 1 atom stereocenters. The molecule has 8 nitrogen and oxygen atoms in total. The van der Waals surface area contributed by atoms with Crippen molar-refractivity contribution in [3.63, 3.8) is 0 Å². The van der Waals surface area contributed by atoms with Gasteiger partial charge >= 0.3 is 0 Å². The number of likely N-dealkylation sites (tertiary alicyclic amines) is 1. The second kappa shape index (κ2) is 11.4. The number of hydrogen-bond donors (Lipinski definition) is 2. The van der Waals surface area contributed by atoms with E-state index in [0.717, 1.165) is 19.3 Å². The van der Waals surface area contributed by atoms with Crippen LogP contribution in [0, 0.1) is 11.2 Å². The van der Waals surface area contributed by atoms with Crippen molar-refractivity contribution in [2.45, 2.75) is 51.5 Å². The van der Waals surface area contributed by atoms with E-state index in [1.54, 1.807) is 17.9 Å². The van der Waals surface area contributed by atoms with Crippen LogP contribution >= 0.6 is 0 Å². The van der Waals surface area contributed by atoms with E-state index in [2.05, 4.69) is 10.6 Å². The molecule has 2 fully saturated rings. The molecule has 0 aliphatic carbocycles. The first-order chi connectivity index (χ1) is 15.9. The van der Waals surface area contributed by atoms with Crippen LogP contribution in [-0.4, -0.2) is 68.6 Å². The standard InChI is InChI=1S/C24H34FN3O5/c1-17-21(29)26-12-6-16-33-15-4-3-9-24(23(31)27-17)10-13-28(14-11-24)22(30)18-7-5-8-19(32-2)20(18)25/h5,7-8,17H,3-4,6,9-16H2,1-2H3,(H,26,29)(H,27,31)/t17-/m0/s1. The molecule has 2 aliphatic heterocycles. The second-order valence-corrected chi connectivity index (χ2v) is 8.80. The van der Waals surface area contributed by atoms with E-state index in [0.29, 0.717) is 52.1 Å². The van der Waals surface area contributed by atoms with Gasteiger partial charge in [-0.15, -0.1) is 0 Å². The summed E-state index contributed by atoms with van der Waals surface area (Å²) >= 11 is 0. The van der Waals surface area contributed by atoms with E-state index in [4.69, 9.17) is 9.47 Å². The van der Waals surface area contributed by atoms with Gasteiger partial charge in [0.2, 0.25) is 11.8 Å². The van der Waals surface area contributed by atoms with Crippen LogP contribution in [0.4, 0.5) is 4.39 Å². The summed E-state index contributed by atoms with van der Waals surface area (Å²) in [5.74, 6) is -1.46. The van der Waals surface area contributed by atoms with Crippen molar-refractivity contribution in [3.8, 4) is 5.75 Å². The lowest BCUT2D eigenvalue weighted by Gasteiger charge is -2.41. The topological polar surface area (TPSA) is 97.0 Å². The lowest BCUT2D eigenvalue weighted by Crippen LogP contribution is -2.54. The Hall–Kier alpha value is -2.68. The fourth-order valence-corrected chi connectivity index (χ4v) is 4.46. The Morgan fingerprint density at radius 2 is 1.88 bits per heavy atom. The molecule has 3 rings (SSSR count). The zero-order valence-electron chi connectivity index (χ0n) is 19.5. The Bertz CT molecular complexity index is 855. The van der Waals surface area contributed by atoms with Crippen molar-refractivity contribution in [2.75, 3.05) is 40.0 Å². The zero-order chi connectivity index (χ0) is 23.8. The molecular weight excluding hydrogens is 429 g/mol. The van der Waals surface area contributed by atoms with E-state index in [9.17, 15) is 18.8 Å². The van der Waals surface area contributed by atoms with Crippen molar-refractivity contribution in [3.05, 3.63) is 29.6 Å².